The van der Waals surface area contributed by atoms with E-state index in [-0.39, 0.29) is 17.2 Å². The topological polar surface area (TPSA) is 73.6 Å². The van der Waals surface area contributed by atoms with Crippen LogP contribution in [0.15, 0.2) is 0 Å². The molecule has 2 atom stereocenters. The summed E-state index contributed by atoms with van der Waals surface area (Å²) >= 11 is 0. The third-order valence-electron chi connectivity index (χ3n) is 4.07. The molecule has 104 valence electrons. The second-order valence-electron chi connectivity index (χ2n) is 5.81. The molecule has 2 aliphatic heterocycles. The van der Waals surface area contributed by atoms with E-state index in [9.17, 15) is 4.79 Å². The Morgan fingerprint density at radius 3 is 2.72 bits per heavy atom. The molecule has 2 unspecified atom stereocenters. The molecule has 1 amide bonds. The van der Waals surface area contributed by atoms with E-state index in [0.29, 0.717) is 6.54 Å². The second-order valence-corrected chi connectivity index (χ2v) is 5.81. The van der Waals surface area contributed by atoms with Crippen LogP contribution in [0.1, 0.15) is 26.2 Å². The molecule has 0 spiro atoms. The van der Waals surface area contributed by atoms with Crippen LogP contribution in [-0.4, -0.2) is 44.9 Å². The van der Waals surface area contributed by atoms with Gasteiger partial charge in [0.2, 0.25) is 5.91 Å². The Hall–Kier alpha value is -0.650. The molecular formula is C13H24N2O3. The predicted molar refractivity (Wildman–Crippen MR) is 68.1 cm³/mol. The molecule has 5 nitrogen and oxygen atoms in total. The maximum absolute atomic E-state index is 12.0. The van der Waals surface area contributed by atoms with Gasteiger partial charge in [-0.15, -0.1) is 0 Å². The van der Waals surface area contributed by atoms with Crippen LogP contribution in [0.3, 0.4) is 0 Å². The lowest BCUT2D eigenvalue weighted by molar-refractivity contribution is -0.124. The van der Waals surface area contributed by atoms with Gasteiger partial charge in [0.25, 0.3) is 0 Å². The number of ether oxygens (including phenoxy) is 2. The minimum atomic E-state index is -0.403. The number of hydrogen-bond donors (Lipinski definition) is 2. The van der Waals surface area contributed by atoms with Gasteiger partial charge in [-0.1, -0.05) is 6.92 Å². The van der Waals surface area contributed by atoms with Crippen LogP contribution in [0.25, 0.3) is 0 Å². The zero-order chi connectivity index (χ0) is 13.0. The fourth-order valence-corrected chi connectivity index (χ4v) is 2.56. The van der Waals surface area contributed by atoms with Crippen LogP contribution in [0.5, 0.6) is 0 Å². The third-order valence-corrected chi connectivity index (χ3v) is 4.07. The van der Waals surface area contributed by atoms with Gasteiger partial charge in [0, 0.05) is 31.8 Å². The standard InChI is InChI=1S/C13H24N2O3/c1-13(4-7-18-9-13)8-15-12(16)11(14)10-2-5-17-6-3-10/h10-11H,2-9,14H2,1H3,(H,15,16). The summed E-state index contributed by atoms with van der Waals surface area (Å²) in [4.78, 5) is 12.0. The summed E-state index contributed by atoms with van der Waals surface area (Å²) in [5, 5.41) is 2.98. The van der Waals surface area contributed by atoms with E-state index in [4.69, 9.17) is 15.2 Å². The smallest absolute Gasteiger partial charge is 0.237 e. The van der Waals surface area contributed by atoms with E-state index in [1.165, 1.54) is 0 Å². The van der Waals surface area contributed by atoms with Gasteiger partial charge in [0.15, 0.2) is 0 Å². The molecule has 2 aliphatic rings. The first kappa shape index (κ1) is 13.8. The normalized spacial score (nSPS) is 31.2. The fourth-order valence-electron chi connectivity index (χ4n) is 2.56. The largest absolute Gasteiger partial charge is 0.381 e. The molecule has 0 aromatic carbocycles. The van der Waals surface area contributed by atoms with Gasteiger partial charge in [-0.05, 0) is 25.2 Å². The van der Waals surface area contributed by atoms with Crippen molar-refractivity contribution in [3.05, 3.63) is 0 Å². The molecule has 0 aromatic rings. The zero-order valence-electron chi connectivity index (χ0n) is 11.1. The molecule has 2 heterocycles. The van der Waals surface area contributed by atoms with Crippen molar-refractivity contribution in [2.24, 2.45) is 17.1 Å². The molecule has 2 fully saturated rings. The van der Waals surface area contributed by atoms with Gasteiger partial charge in [-0.25, -0.2) is 0 Å². The first-order valence-electron chi connectivity index (χ1n) is 6.79. The highest BCUT2D eigenvalue weighted by Gasteiger charge is 2.32. The molecule has 0 saturated carbocycles. The molecule has 0 bridgehead atoms. The Kier molecular flexibility index (Phi) is 4.59. The van der Waals surface area contributed by atoms with Gasteiger partial charge in [-0.2, -0.15) is 0 Å². The van der Waals surface area contributed by atoms with Crippen molar-refractivity contribution in [1.82, 2.24) is 5.32 Å². The van der Waals surface area contributed by atoms with Crippen molar-refractivity contribution >= 4 is 5.91 Å². The molecule has 0 aromatic heterocycles. The average Bonchev–Trinajstić information content (AvgIpc) is 2.83. The second kappa shape index (κ2) is 5.99. The molecule has 0 radical (unpaired) electrons. The summed E-state index contributed by atoms with van der Waals surface area (Å²) in [6.07, 6.45) is 2.77. The van der Waals surface area contributed by atoms with Gasteiger partial charge < -0.3 is 20.5 Å². The van der Waals surface area contributed by atoms with Gasteiger partial charge in [0.1, 0.15) is 0 Å². The summed E-state index contributed by atoms with van der Waals surface area (Å²) < 4.78 is 10.7. The van der Waals surface area contributed by atoms with E-state index >= 15 is 0 Å². The van der Waals surface area contributed by atoms with E-state index in [1.54, 1.807) is 0 Å². The number of rotatable bonds is 4. The van der Waals surface area contributed by atoms with E-state index in [1.807, 2.05) is 0 Å². The number of amides is 1. The van der Waals surface area contributed by atoms with E-state index < -0.39 is 6.04 Å². The lowest BCUT2D eigenvalue weighted by Crippen LogP contribution is -2.49. The predicted octanol–water partition coefficient (Wildman–Crippen LogP) is 0.283. The highest BCUT2D eigenvalue weighted by molar-refractivity contribution is 5.81. The maximum Gasteiger partial charge on any atom is 0.237 e. The fraction of sp³-hybridized carbons (Fsp3) is 0.923. The maximum atomic E-state index is 12.0. The van der Waals surface area contributed by atoms with E-state index in [0.717, 1.165) is 45.7 Å². The summed E-state index contributed by atoms with van der Waals surface area (Å²) in [6.45, 7) is 5.75. The Morgan fingerprint density at radius 1 is 1.39 bits per heavy atom. The number of carbonyl (C=O) groups is 1. The number of carbonyl (C=O) groups excluding carboxylic acids is 1. The minimum Gasteiger partial charge on any atom is -0.381 e. The molecule has 0 aliphatic carbocycles. The third kappa shape index (κ3) is 3.43. The van der Waals surface area contributed by atoms with Crippen molar-refractivity contribution in [3.63, 3.8) is 0 Å². The van der Waals surface area contributed by atoms with Crippen molar-refractivity contribution in [3.8, 4) is 0 Å². The quantitative estimate of drug-likeness (QED) is 0.758. The Labute approximate surface area is 108 Å². The Balaban J connectivity index is 1.76. The van der Waals surface area contributed by atoms with Crippen LogP contribution in [-0.2, 0) is 14.3 Å². The van der Waals surface area contributed by atoms with E-state index in [2.05, 4.69) is 12.2 Å². The molecule has 3 N–H and O–H groups in total. The Bertz CT molecular complexity index is 284. The summed E-state index contributed by atoms with van der Waals surface area (Å²) in [6, 6.07) is -0.403. The van der Waals surface area contributed by atoms with Crippen LogP contribution in [0.2, 0.25) is 0 Å². The number of nitrogens with two attached hydrogens (primary N) is 1. The highest BCUT2D eigenvalue weighted by Crippen LogP contribution is 2.26. The first-order valence-corrected chi connectivity index (χ1v) is 6.79. The van der Waals surface area contributed by atoms with Crippen LogP contribution in [0.4, 0.5) is 0 Å². The van der Waals surface area contributed by atoms with Gasteiger partial charge in [0.05, 0.1) is 12.6 Å². The van der Waals surface area contributed by atoms with Crippen molar-refractivity contribution in [2.75, 3.05) is 33.0 Å². The molecule has 2 rings (SSSR count). The number of nitrogens with one attached hydrogen (secondary N) is 1. The van der Waals surface area contributed by atoms with Gasteiger partial charge >= 0.3 is 0 Å². The zero-order valence-corrected chi connectivity index (χ0v) is 11.1. The monoisotopic (exact) mass is 256 g/mol. The van der Waals surface area contributed by atoms with Crippen LogP contribution in [0, 0.1) is 11.3 Å². The lowest BCUT2D eigenvalue weighted by Gasteiger charge is -2.28. The molecule has 2 saturated heterocycles. The summed E-state index contributed by atoms with van der Waals surface area (Å²) in [7, 11) is 0. The summed E-state index contributed by atoms with van der Waals surface area (Å²) in [5.41, 5.74) is 6.10. The van der Waals surface area contributed by atoms with Crippen LogP contribution < -0.4 is 11.1 Å². The average molecular weight is 256 g/mol. The van der Waals surface area contributed by atoms with Crippen molar-refractivity contribution in [1.29, 1.82) is 0 Å². The highest BCUT2D eigenvalue weighted by atomic mass is 16.5. The van der Waals surface area contributed by atoms with Crippen LogP contribution >= 0.6 is 0 Å². The van der Waals surface area contributed by atoms with Gasteiger partial charge in [-0.3, -0.25) is 4.79 Å². The molecule has 18 heavy (non-hydrogen) atoms. The lowest BCUT2D eigenvalue weighted by atomic mass is 9.89. The Morgan fingerprint density at radius 2 is 2.11 bits per heavy atom. The first-order chi connectivity index (χ1) is 8.61. The minimum absolute atomic E-state index is 0.0324. The number of hydrogen-bond acceptors (Lipinski definition) is 4. The molecule has 5 heteroatoms. The van der Waals surface area contributed by atoms with Crippen molar-refractivity contribution in [2.45, 2.75) is 32.2 Å². The molecular weight excluding hydrogens is 232 g/mol. The summed E-state index contributed by atoms with van der Waals surface area (Å²) in [5.74, 6) is 0.224. The SMILES string of the molecule is CC1(CNC(=O)C(N)C2CCOCC2)CCOC1. The van der Waals surface area contributed by atoms with Crippen molar-refractivity contribution < 1.29 is 14.3 Å².